The highest BCUT2D eigenvalue weighted by molar-refractivity contribution is 4.98. The molecule has 0 saturated carbocycles. The Kier molecular flexibility index (Phi) is 1.85. The molecule has 0 spiro atoms. The first kappa shape index (κ1) is 6.29. The Balaban J connectivity index is 2.65. The van der Waals surface area contributed by atoms with E-state index in [-0.39, 0.29) is 6.10 Å². The topological polar surface area (TPSA) is 35.3 Å². The van der Waals surface area contributed by atoms with Gasteiger partial charge >= 0.3 is 0 Å². The van der Waals surface area contributed by atoms with Gasteiger partial charge in [0.2, 0.25) is 0 Å². The summed E-state index contributed by atoms with van der Waals surface area (Å²) in [5, 5.41) is 3.61. The molecule has 3 heteroatoms. The fourth-order valence-corrected chi connectivity index (χ4v) is 0.501. The molecule has 9 heavy (non-hydrogen) atoms. The number of rotatable bonds is 2. The van der Waals surface area contributed by atoms with Gasteiger partial charge in [-0.05, 0) is 6.92 Å². The summed E-state index contributed by atoms with van der Waals surface area (Å²) in [5.41, 5.74) is 0.706. The van der Waals surface area contributed by atoms with Crippen LogP contribution in [-0.4, -0.2) is 5.16 Å². The van der Waals surface area contributed by atoms with Crippen LogP contribution < -0.4 is 0 Å². The molecule has 1 unspecified atom stereocenters. The maximum atomic E-state index is 4.88. The quantitative estimate of drug-likeness (QED) is 0.599. The Labute approximate surface area is 53.6 Å². The molecule has 0 bridgehead atoms. The predicted molar refractivity (Wildman–Crippen MR) is 30.3 cm³/mol. The lowest BCUT2D eigenvalue weighted by Crippen LogP contribution is -1.92. The lowest BCUT2D eigenvalue weighted by molar-refractivity contribution is 0.149. The Bertz CT molecular complexity index is 160. The summed E-state index contributed by atoms with van der Waals surface area (Å²) < 4.78 is 9.02. The second-order valence-electron chi connectivity index (χ2n) is 1.70. The second kappa shape index (κ2) is 2.64. The minimum absolute atomic E-state index is 0.191. The number of aromatic nitrogens is 1. The number of hydrogen-bond donors (Lipinski definition) is 0. The fraction of sp³-hybridized carbons (Fsp3) is 0.333. The van der Waals surface area contributed by atoms with Crippen LogP contribution in [0.1, 0.15) is 18.7 Å². The normalized spacial score (nSPS) is 13.6. The number of hydrogen-bond acceptors (Lipinski definition) is 3. The van der Waals surface area contributed by atoms with Gasteiger partial charge in [0.15, 0.2) is 0 Å². The zero-order chi connectivity index (χ0) is 6.69. The minimum Gasteiger partial charge on any atom is -0.364 e. The Morgan fingerprint density at radius 2 is 2.67 bits per heavy atom. The molecule has 0 aromatic carbocycles. The van der Waals surface area contributed by atoms with Gasteiger partial charge in [0.25, 0.3) is 0 Å². The van der Waals surface area contributed by atoms with Crippen LogP contribution in [0.2, 0.25) is 0 Å². The highest BCUT2D eigenvalue weighted by Crippen LogP contribution is 2.11. The van der Waals surface area contributed by atoms with Crippen molar-refractivity contribution in [3.05, 3.63) is 25.1 Å². The highest BCUT2D eigenvalue weighted by Gasteiger charge is 2.04. The van der Waals surface area contributed by atoms with Gasteiger partial charge < -0.3 is 9.26 Å². The summed E-state index contributed by atoms with van der Waals surface area (Å²) in [7, 11) is 4.88. The zero-order valence-electron chi connectivity index (χ0n) is 5.07. The molecule has 0 aliphatic heterocycles. The van der Waals surface area contributed by atoms with E-state index < -0.39 is 0 Å². The Morgan fingerprint density at radius 1 is 1.89 bits per heavy atom. The van der Waals surface area contributed by atoms with Crippen molar-refractivity contribution in [1.29, 1.82) is 0 Å². The average molecular weight is 125 g/mol. The first-order valence-electron chi connectivity index (χ1n) is 2.60. The molecule has 0 fully saturated rings. The van der Waals surface area contributed by atoms with Crippen molar-refractivity contribution in [1.82, 2.24) is 5.16 Å². The largest absolute Gasteiger partial charge is 0.364 e. The standard InChI is InChI=1S/C6H7NO2/c1-5(8-2)6-3-4-9-7-6/h2-5H,1H3. The maximum Gasteiger partial charge on any atom is 0.124 e. The number of nitrogens with zero attached hydrogens (tertiary/aromatic N) is 1. The molecule has 1 atom stereocenters. The van der Waals surface area contributed by atoms with E-state index in [0.717, 1.165) is 0 Å². The Morgan fingerprint density at radius 3 is 3.11 bits per heavy atom. The van der Waals surface area contributed by atoms with E-state index in [2.05, 4.69) is 14.4 Å². The van der Waals surface area contributed by atoms with Crippen LogP contribution in [0.15, 0.2) is 16.9 Å². The third-order valence-electron chi connectivity index (χ3n) is 1.08. The van der Waals surface area contributed by atoms with Crippen molar-refractivity contribution < 1.29 is 9.26 Å². The monoisotopic (exact) mass is 125 g/mol. The van der Waals surface area contributed by atoms with Gasteiger partial charge in [-0.15, -0.1) is 0 Å². The van der Waals surface area contributed by atoms with Gasteiger partial charge in [0.05, 0.1) is 0 Å². The van der Waals surface area contributed by atoms with E-state index in [9.17, 15) is 0 Å². The van der Waals surface area contributed by atoms with Crippen molar-refractivity contribution >= 4 is 0 Å². The summed E-state index contributed by atoms with van der Waals surface area (Å²) in [6.07, 6.45) is 1.29. The second-order valence-corrected chi connectivity index (χ2v) is 1.70. The van der Waals surface area contributed by atoms with Gasteiger partial charge in [-0.25, -0.2) is 0 Å². The smallest absolute Gasteiger partial charge is 0.124 e. The van der Waals surface area contributed by atoms with Crippen LogP contribution in [0.3, 0.4) is 0 Å². The van der Waals surface area contributed by atoms with Crippen LogP contribution in [0.4, 0.5) is 0 Å². The SMILES string of the molecule is [CH]OC(C)c1ccon1. The molecular weight excluding hydrogens is 118 g/mol. The van der Waals surface area contributed by atoms with Crippen molar-refractivity contribution in [2.24, 2.45) is 0 Å². The van der Waals surface area contributed by atoms with E-state index in [1.54, 1.807) is 13.0 Å². The fourth-order valence-electron chi connectivity index (χ4n) is 0.501. The molecule has 1 rings (SSSR count). The Hall–Kier alpha value is -0.830. The van der Waals surface area contributed by atoms with E-state index in [1.165, 1.54) is 6.26 Å². The highest BCUT2D eigenvalue weighted by atomic mass is 16.5. The summed E-state index contributed by atoms with van der Waals surface area (Å²) >= 11 is 0. The average Bonchev–Trinajstić information content (AvgIpc) is 2.37. The molecule has 2 radical (unpaired) electrons. The summed E-state index contributed by atoms with van der Waals surface area (Å²) in [5.74, 6) is 0. The van der Waals surface area contributed by atoms with Crippen LogP contribution in [0.5, 0.6) is 0 Å². The summed E-state index contributed by atoms with van der Waals surface area (Å²) in [4.78, 5) is 0. The first-order valence-corrected chi connectivity index (χ1v) is 2.60. The van der Waals surface area contributed by atoms with Gasteiger partial charge in [-0.1, -0.05) is 5.16 Å². The zero-order valence-corrected chi connectivity index (χ0v) is 5.07. The molecule has 0 saturated heterocycles. The molecule has 0 amide bonds. The van der Waals surface area contributed by atoms with Gasteiger partial charge in [0, 0.05) is 6.07 Å². The number of ether oxygens (including phenoxy) is 1. The van der Waals surface area contributed by atoms with Gasteiger partial charge in [-0.2, -0.15) is 0 Å². The van der Waals surface area contributed by atoms with Crippen LogP contribution in [0, 0.1) is 7.11 Å². The molecule has 1 heterocycles. The lowest BCUT2D eigenvalue weighted by Gasteiger charge is -2.01. The van der Waals surface area contributed by atoms with Crippen molar-refractivity contribution in [2.75, 3.05) is 0 Å². The summed E-state index contributed by atoms with van der Waals surface area (Å²) in [6, 6.07) is 1.71. The molecule has 48 valence electrons. The third kappa shape index (κ3) is 1.29. The third-order valence-corrected chi connectivity index (χ3v) is 1.08. The molecule has 1 aromatic heterocycles. The first-order chi connectivity index (χ1) is 4.34. The van der Waals surface area contributed by atoms with Crippen LogP contribution in [0.25, 0.3) is 0 Å². The molecule has 0 aliphatic carbocycles. The minimum atomic E-state index is -0.191. The van der Waals surface area contributed by atoms with Gasteiger partial charge in [-0.3, -0.25) is 0 Å². The van der Waals surface area contributed by atoms with E-state index >= 15 is 0 Å². The van der Waals surface area contributed by atoms with Gasteiger partial charge in [0.1, 0.15) is 25.2 Å². The molecule has 3 nitrogen and oxygen atoms in total. The molecule has 0 N–H and O–H groups in total. The van der Waals surface area contributed by atoms with E-state index in [4.69, 9.17) is 7.11 Å². The molecular formula is C6H7NO2. The van der Waals surface area contributed by atoms with Crippen molar-refractivity contribution in [3.63, 3.8) is 0 Å². The van der Waals surface area contributed by atoms with Crippen LogP contribution in [-0.2, 0) is 4.74 Å². The predicted octanol–water partition coefficient (Wildman–Crippen LogP) is 1.42. The van der Waals surface area contributed by atoms with E-state index in [1.807, 2.05) is 0 Å². The van der Waals surface area contributed by atoms with Crippen molar-refractivity contribution in [2.45, 2.75) is 13.0 Å². The van der Waals surface area contributed by atoms with Crippen LogP contribution >= 0.6 is 0 Å². The summed E-state index contributed by atoms with van der Waals surface area (Å²) in [6.45, 7) is 1.79. The lowest BCUT2D eigenvalue weighted by atomic mass is 10.3. The van der Waals surface area contributed by atoms with E-state index in [0.29, 0.717) is 5.69 Å². The van der Waals surface area contributed by atoms with Crippen molar-refractivity contribution in [3.8, 4) is 0 Å². The maximum absolute atomic E-state index is 4.88. The molecule has 1 aromatic rings. The molecule has 0 aliphatic rings.